The fourth-order valence-electron chi connectivity index (χ4n) is 9.89. The van der Waals surface area contributed by atoms with Crippen LogP contribution in [0, 0.1) is 28.1 Å². The number of furan rings is 1. The predicted octanol–water partition coefficient (Wildman–Crippen LogP) is 5.29. The van der Waals surface area contributed by atoms with E-state index in [4.69, 9.17) is 28.1 Å². The zero-order valence-electron chi connectivity index (χ0n) is 26.4. The molecule has 0 N–H and O–H groups in total. The Labute approximate surface area is 253 Å². The summed E-state index contributed by atoms with van der Waals surface area (Å²) < 4.78 is 37.4. The van der Waals surface area contributed by atoms with E-state index in [0.717, 1.165) is 12.0 Å². The number of hydrogen-bond donors (Lipinski definition) is 0. The third-order valence-corrected chi connectivity index (χ3v) is 11.8. The number of ether oxygens (including phenoxy) is 5. The minimum absolute atomic E-state index is 0.135. The quantitative estimate of drug-likeness (QED) is 0.187. The van der Waals surface area contributed by atoms with Gasteiger partial charge in [-0.25, -0.2) is 4.79 Å². The highest BCUT2D eigenvalue weighted by atomic mass is 16.6. The van der Waals surface area contributed by atoms with E-state index in [1.165, 1.54) is 25.0 Å². The Morgan fingerprint density at radius 2 is 1.79 bits per heavy atom. The molecule has 9 nitrogen and oxygen atoms in total. The monoisotopic (exact) mass is 596 g/mol. The summed E-state index contributed by atoms with van der Waals surface area (Å²) in [4.78, 5) is 38.1. The summed E-state index contributed by atoms with van der Waals surface area (Å²) in [6.07, 6.45) is 4.38. The highest BCUT2D eigenvalue weighted by molar-refractivity contribution is 5.87. The number of fused-ring (bicyclic) bond motifs is 4. The van der Waals surface area contributed by atoms with Crippen molar-refractivity contribution in [2.24, 2.45) is 28.1 Å². The van der Waals surface area contributed by atoms with Gasteiger partial charge in [-0.15, -0.1) is 0 Å². The molecule has 3 heterocycles. The number of allylic oxidation sites excluding steroid dienone is 2. The summed E-state index contributed by atoms with van der Waals surface area (Å²) in [7, 11) is 0. The third kappa shape index (κ3) is 4.20. The van der Waals surface area contributed by atoms with Gasteiger partial charge in [0.15, 0.2) is 0 Å². The van der Waals surface area contributed by atoms with Gasteiger partial charge in [0.2, 0.25) is 0 Å². The topological polar surface area (TPSA) is 110 Å². The Hall–Kier alpha value is -2.91. The molecule has 0 spiro atoms. The van der Waals surface area contributed by atoms with Gasteiger partial charge < -0.3 is 28.1 Å². The zero-order chi connectivity index (χ0) is 31.1. The van der Waals surface area contributed by atoms with Gasteiger partial charge in [-0.2, -0.15) is 0 Å². The highest BCUT2D eigenvalue weighted by Crippen LogP contribution is 2.73. The van der Waals surface area contributed by atoms with Crippen LogP contribution in [0.15, 0.2) is 45.8 Å². The Bertz CT molecular complexity index is 1380. The molecule has 5 aliphatic rings. The van der Waals surface area contributed by atoms with Gasteiger partial charge in [-0.05, 0) is 44.4 Å². The summed E-state index contributed by atoms with van der Waals surface area (Å²) in [6, 6.07) is 2.00. The van der Waals surface area contributed by atoms with E-state index in [1.54, 1.807) is 32.4 Å². The standard InChI is InChI=1S/C34H44O9/c1-9-17(2)31(37)43-26-13-25(41-20(5)36)32(6)16-40-28-29(32)33(26,7)24(15-39-19(4)35)34(8)27-18(3)22(21-10-11-38-14-21)12-23(27)42-30(28)34/h9-11,14,22-26,28-30H,12-13,15-16H2,1-8H3/t22-,23-,24-,25-,26+,28+,29+,30-,32-,33+,34-/m1/s1. The van der Waals surface area contributed by atoms with Crippen LogP contribution < -0.4 is 0 Å². The van der Waals surface area contributed by atoms with Crippen molar-refractivity contribution in [3.8, 4) is 0 Å². The van der Waals surface area contributed by atoms with Crippen LogP contribution in [-0.2, 0) is 38.1 Å². The molecule has 2 saturated heterocycles. The van der Waals surface area contributed by atoms with Crippen molar-refractivity contribution < 1.29 is 42.5 Å². The largest absolute Gasteiger partial charge is 0.472 e. The molecule has 43 heavy (non-hydrogen) atoms. The second kappa shape index (κ2) is 10.3. The van der Waals surface area contributed by atoms with Gasteiger partial charge in [0.1, 0.15) is 12.2 Å². The van der Waals surface area contributed by atoms with Crippen molar-refractivity contribution in [2.75, 3.05) is 13.2 Å². The lowest BCUT2D eigenvalue weighted by atomic mass is 9.40. The number of hydrogen-bond acceptors (Lipinski definition) is 9. The molecule has 0 amide bonds. The van der Waals surface area contributed by atoms with Crippen LogP contribution in [-0.4, -0.2) is 61.6 Å². The van der Waals surface area contributed by atoms with Gasteiger partial charge in [0.05, 0.1) is 44.1 Å². The van der Waals surface area contributed by atoms with Crippen LogP contribution >= 0.6 is 0 Å². The molecule has 11 atom stereocenters. The molecule has 6 rings (SSSR count). The first kappa shape index (κ1) is 30.1. The Morgan fingerprint density at radius 1 is 1.05 bits per heavy atom. The van der Waals surface area contributed by atoms with Crippen molar-refractivity contribution >= 4 is 17.9 Å². The lowest BCUT2D eigenvalue weighted by molar-refractivity contribution is -0.256. The third-order valence-electron chi connectivity index (χ3n) is 11.8. The average molecular weight is 597 g/mol. The van der Waals surface area contributed by atoms with Crippen molar-refractivity contribution in [3.63, 3.8) is 0 Å². The minimum Gasteiger partial charge on any atom is -0.472 e. The highest BCUT2D eigenvalue weighted by Gasteiger charge is 2.78. The molecule has 0 unspecified atom stereocenters. The lowest BCUT2D eigenvalue weighted by Crippen LogP contribution is -2.71. The van der Waals surface area contributed by atoms with Crippen LogP contribution in [0.2, 0.25) is 0 Å². The average Bonchev–Trinajstić information content (AvgIpc) is 3.71. The maximum absolute atomic E-state index is 13.4. The molecule has 9 heteroatoms. The molecule has 0 radical (unpaired) electrons. The van der Waals surface area contributed by atoms with E-state index < -0.39 is 34.4 Å². The molecule has 0 aromatic carbocycles. The Balaban J connectivity index is 1.54. The fourth-order valence-corrected chi connectivity index (χ4v) is 9.89. The smallest absolute Gasteiger partial charge is 0.333 e. The van der Waals surface area contributed by atoms with Gasteiger partial charge in [-0.1, -0.05) is 32.4 Å². The zero-order valence-corrected chi connectivity index (χ0v) is 26.4. The van der Waals surface area contributed by atoms with Crippen LogP contribution in [0.25, 0.3) is 0 Å². The summed E-state index contributed by atoms with van der Waals surface area (Å²) in [5.41, 5.74) is 2.20. The van der Waals surface area contributed by atoms with Crippen LogP contribution in [0.5, 0.6) is 0 Å². The van der Waals surface area contributed by atoms with Crippen molar-refractivity contribution in [3.05, 3.63) is 47.0 Å². The first-order valence-electron chi connectivity index (χ1n) is 15.4. The molecule has 0 bridgehead atoms. The van der Waals surface area contributed by atoms with Crippen LogP contribution in [0.3, 0.4) is 0 Å². The second-order valence-corrected chi connectivity index (χ2v) is 13.9. The first-order chi connectivity index (χ1) is 20.3. The maximum atomic E-state index is 13.4. The normalized spacial score (nSPS) is 43.1. The number of rotatable bonds is 6. The van der Waals surface area contributed by atoms with Gasteiger partial charge in [0.25, 0.3) is 0 Å². The molecule has 3 aliphatic carbocycles. The molecular weight excluding hydrogens is 552 g/mol. The summed E-state index contributed by atoms with van der Waals surface area (Å²) in [6.45, 7) is 15.5. The van der Waals surface area contributed by atoms with E-state index in [2.05, 4.69) is 27.7 Å². The molecular formula is C34H44O9. The van der Waals surface area contributed by atoms with Gasteiger partial charge in [0, 0.05) is 59.8 Å². The fraction of sp³-hybridized carbons (Fsp3) is 0.676. The molecule has 1 aromatic rings. The molecule has 234 valence electrons. The minimum atomic E-state index is -0.712. The Kier molecular flexibility index (Phi) is 7.24. The number of carbonyl (C=O) groups excluding carboxylic acids is 3. The van der Waals surface area contributed by atoms with Crippen molar-refractivity contribution in [1.29, 1.82) is 0 Å². The van der Waals surface area contributed by atoms with E-state index in [9.17, 15) is 14.4 Å². The summed E-state index contributed by atoms with van der Waals surface area (Å²) in [5.74, 6) is -1.50. The SMILES string of the molecule is CC=C(C)C(=O)O[C@H]1C[C@@H](OC(C)=O)[C@@]2(C)CO[C@@H]3[C@H]4O[C@@H]5C[C@@H](c6ccoc6)C(C)=C5[C@@]4(C)[C@H](COC(C)=O)[C@]1(C)[C@@H]32. The molecule has 2 saturated carbocycles. The molecule has 4 fully saturated rings. The predicted molar refractivity (Wildman–Crippen MR) is 155 cm³/mol. The van der Waals surface area contributed by atoms with Crippen LogP contribution in [0.4, 0.5) is 0 Å². The van der Waals surface area contributed by atoms with E-state index in [0.29, 0.717) is 18.6 Å². The molecule has 2 aliphatic heterocycles. The van der Waals surface area contributed by atoms with E-state index in [-0.39, 0.29) is 54.6 Å². The van der Waals surface area contributed by atoms with E-state index >= 15 is 0 Å². The molecule has 1 aromatic heterocycles. The van der Waals surface area contributed by atoms with Crippen molar-refractivity contribution in [1.82, 2.24) is 0 Å². The second-order valence-electron chi connectivity index (χ2n) is 13.9. The Morgan fingerprint density at radius 3 is 2.42 bits per heavy atom. The first-order valence-corrected chi connectivity index (χ1v) is 15.4. The van der Waals surface area contributed by atoms with Gasteiger partial charge in [-0.3, -0.25) is 9.59 Å². The van der Waals surface area contributed by atoms with Crippen LogP contribution in [0.1, 0.15) is 79.7 Å². The summed E-state index contributed by atoms with van der Waals surface area (Å²) >= 11 is 0. The maximum Gasteiger partial charge on any atom is 0.333 e. The number of esters is 3. The lowest BCUT2D eigenvalue weighted by Gasteiger charge is -2.65. The van der Waals surface area contributed by atoms with Gasteiger partial charge >= 0.3 is 17.9 Å². The van der Waals surface area contributed by atoms with E-state index in [1.807, 2.05) is 6.07 Å². The van der Waals surface area contributed by atoms with Crippen molar-refractivity contribution in [2.45, 2.75) is 105 Å². The number of carbonyl (C=O) groups is 3. The summed E-state index contributed by atoms with van der Waals surface area (Å²) in [5, 5.41) is 0.